The van der Waals surface area contributed by atoms with E-state index in [-0.39, 0.29) is 12.0 Å². The van der Waals surface area contributed by atoms with Gasteiger partial charge in [-0.2, -0.15) is 0 Å². The van der Waals surface area contributed by atoms with Gasteiger partial charge in [0.2, 0.25) is 0 Å². The van der Waals surface area contributed by atoms with Gasteiger partial charge in [-0.3, -0.25) is 4.98 Å². The number of allylic oxidation sites excluding steroid dienone is 4. The van der Waals surface area contributed by atoms with Gasteiger partial charge in [0.1, 0.15) is 29.8 Å². The number of carbonyl (C=O) groups excluding carboxylic acids is 3. The topological polar surface area (TPSA) is 98.2 Å². The second kappa shape index (κ2) is 10.3. The Balaban J connectivity index is 1.27. The molecular formula is C32H28ClN3O5. The molecule has 1 spiro atoms. The van der Waals surface area contributed by atoms with Crippen molar-refractivity contribution >= 4 is 40.9 Å². The normalized spacial score (nSPS) is 18.3. The fraction of sp³-hybridized carbons (Fsp3) is 0.344. The third-order valence-corrected chi connectivity index (χ3v) is 8.51. The molecular weight excluding hydrogens is 542 g/mol. The van der Waals surface area contributed by atoms with Crippen molar-refractivity contribution in [3.63, 3.8) is 0 Å². The Labute approximate surface area is 242 Å². The molecule has 6 rings (SSSR count). The number of benzene rings is 1. The minimum absolute atomic E-state index is 0.143. The number of fused-ring (bicyclic) bond motifs is 2. The Morgan fingerprint density at radius 3 is 2.66 bits per heavy atom. The quantitative estimate of drug-likeness (QED) is 0.347. The smallest absolute Gasteiger partial charge is 0.339 e. The molecule has 0 radical (unpaired) electrons. The van der Waals surface area contributed by atoms with Crippen LogP contribution in [-0.2, 0) is 25.5 Å². The Morgan fingerprint density at radius 1 is 1.15 bits per heavy atom. The van der Waals surface area contributed by atoms with Crippen LogP contribution in [0.3, 0.4) is 0 Å². The maximum absolute atomic E-state index is 12.3. The highest BCUT2D eigenvalue weighted by molar-refractivity contribution is 6.31. The van der Waals surface area contributed by atoms with Crippen molar-refractivity contribution in [2.75, 3.05) is 20.3 Å². The minimum atomic E-state index is -0.424. The highest BCUT2D eigenvalue weighted by Crippen LogP contribution is 2.61. The van der Waals surface area contributed by atoms with Crippen LogP contribution in [0.25, 0.3) is 16.7 Å². The van der Waals surface area contributed by atoms with E-state index in [2.05, 4.69) is 16.9 Å². The number of nitrogens with zero attached hydrogens (tertiary/aromatic N) is 3. The summed E-state index contributed by atoms with van der Waals surface area (Å²) in [5.41, 5.74) is 7.00. The maximum atomic E-state index is 12.3. The third kappa shape index (κ3) is 4.64. The second-order valence-corrected chi connectivity index (χ2v) is 11.3. The molecule has 0 N–H and O–H groups in total. The predicted molar refractivity (Wildman–Crippen MR) is 155 cm³/mol. The molecule has 208 valence electrons. The SMILES string of the molecule is COC(=O)C1=CCc2c(-c3cc(Cl)ccc3OCCN3C(=C=O)C4=C(N=C3C)C3(CC3)CC(=C=O)C4)cc(C)nc21. The molecule has 2 aromatic rings. The number of carbonyl (C=O) groups is 1. The molecule has 1 aromatic carbocycles. The van der Waals surface area contributed by atoms with Gasteiger partial charge in [-0.25, -0.2) is 19.4 Å². The number of rotatable bonds is 6. The molecule has 0 bridgehead atoms. The summed E-state index contributed by atoms with van der Waals surface area (Å²) in [5.74, 6) is 5.10. The largest absolute Gasteiger partial charge is 0.491 e. The number of pyridine rings is 1. The first-order valence-electron chi connectivity index (χ1n) is 13.6. The summed E-state index contributed by atoms with van der Waals surface area (Å²) in [5, 5.41) is 0.546. The minimum Gasteiger partial charge on any atom is -0.491 e. The Bertz CT molecular complexity index is 1700. The molecule has 0 saturated heterocycles. The van der Waals surface area contributed by atoms with E-state index < -0.39 is 5.97 Å². The van der Waals surface area contributed by atoms with Gasteiger partial charge in [0, 0.05) is 39.3 Å². The predicted octanol–water partition coefficient (Wildman–Crippen LogP) is 5.24. The first-order chi connectivity index (χ1) is 19.8. The first kappa shape index (κ1) is 27.0. The average Bonchev–Trinajstić information content (AvgIpc) is 3.61. The van der Waals surface area contributed by atoms with Crippen LogP contribution in [0.4, 0.5) is 0 Å². The lowest BCUT2D eigenvalue weighted by Gasteiger charge is -2.36. The number of aryl methyl sites for hydroxylation is 1. The van der Waals surface area contributed by atoms with E-state index in [0.717, 1.165) is 46.5 Å². The van der Waals surface area contributed by atoms with Crippen molar-refractivity contribution in [2.45, 2.75) is 46.0 Å². The number of esters is 1. The van der Waals surface area contributed by atoms with E-state index in [1.807, 2.05) is 43.0 Å². The zero-order chi connectivity index (χ0) is 28.9. The van der Waals surface area contributed by atoms with Crippen molar-refractivity contribution in [1.29, 1.82) is 0 Å². The monoisotopic (exact) mass is 569 g/mol. The number of halogens is 1. The second-order valence-electron chi connectivity index (χ2n) is 10.9. The number of hydrogen-bond acceptors (Lipinski definition) is 8. The van der Waals surface area contributed by atoms with Crippen LogP contribution in [0.5, 0.6) is 5.75 Å². The van der Waals surface area contributed by atoms with Crippen LogP contribution in [0.15, 0.2) is 57.9 Å². The summed E-state index contributed by atoms with van der Waals surface area (Å²) in [6.45, 7) is 4.35. The zero-order valence-corrected chi connectivity index (χ0v) is 23.9. The highest BCUT2D eigenvalue weighted by atomic mass is 35.5. The van der Waals surface area contributed by atoms with Crippen LogP contribution in [0.1, 0.15) is 49.6 Å². The van der Waals surface area contributed by atoms with Crippen molar-refractivity contribution in [3.05, 3.63) is 74.9 Å². The van der Waals surface area contributed by atoms with Crippen LogP contribution in [-0.4, -0.2) is 53.8 Å². The Hall–Kier alpha value is -4.22. The molecule has 9 heteroatoms. The summed E-state index contributed by atoms with van der Waals surface area (Å²) in [6.07, 6.45) is 5.30. The number of amidine groups is 1. The van der Waals surface area contributed by atoms with Gasteiger partial charge >= 0.3 is 5.97 Å². The molecule has 0 amide bonds. The molecule has 2 heterocycles. The van der Waals surface area contributed by atoms with Gasteiger partial charge in [0.05, 0.1) is 30.6 Å². The third-order valence-electron chi connectivity index (χ3n) is 8.27. The average molecular weight is 570 g/mol. The van der Waals surface area contributed by atoms with E-state index in [1.165, 1.54) is 7.11 Å². The number of aliphatic imine (C=N–C) groups is 1. The van der Waals surface area contributed by atoms with Crippen molar-refractivity contribution in [2.24, 2.45) is 10.4 Å². The van der Waals surface area contributed by atoms with E-state index in [4.69, 9.17) is 26.1 Å². The summed E-state index contributed by atoms with van der Waals surface area (Å²) in [4.78, 5) is 47.5. The summed E-state index contributed by atoms with van der Waals surface area (Å²) < 4.78 is 11.3. The van der Waals surface area contributed by atoms with Gasteiger partial charge in [-0.05, 0) is 74.9 Å². The van der Waals surface area contributed by atoms with Gasteiger partial charge in [-0.15, -0.1) is 0 Å². The highest BCUT2D eigenvalue weighted by Gasteiger charge is 2.52. The molecule has 4 aliphatic rings. The molecule has 41 heavy (non-hydrogen) atoms. The molecule has 1 saturated carbocycles. The van der Waals surface area contributed by atoms with Crippen molar-refractivity contribution in [1.82, 2.24) is 9.88 Å². The van der Waals surface area contributed by atoms with Crippen LogP contribution >= 0.6 is 11.6 Å². The van der Waals surface area contributed by atoms with Crippen LogP contribution in [0.2, 0.25) is 5.02 Å². The lowest BCUT2D eigenvalue weighted by atomic mass is 9.80. The maximum Gasteiger partial charge on any atom is 0.339 e. The fourth-order valence-electron chi connectivity index (χ4n) is 6.17. The molecule has 1 fully saturated rings. The first-order valence-corrected chi connectivity index (χ1v) is 13.9. The zero-order valence-electron chi connectivity index (χ0n) is 23.1. The Kier molecular flexibility index (Phi) is 6.79. The van der Waals surface area contributed by atoms with E-state index in [0.29, 0.717) is 65.0 Å². The lowest BCUT2D eigenvalue weighted by molar-refractivity contribution is -0.133. The molecule has 0 unspecified atom stereocenters. The van der Waals surface area contributed by atoms with Gasteiger partial charge in [-0.1, -0.05) is 17.7 Å². The van der Waals surface area contributed by atoms with E-state index >= 15 is 0 Å². The summed E-state index contributed by atoms with van der Waals surface area (Å²) in [6, 6.07) is 7.38. The molecule has 8 nitrogen and oxygen atoms in total. The Morgan fingerprint density at radius 2 is 1.95 bits per heavy atom. The number of methoxy groups -OCH3 is 1. The van der Waals surface area contributed by atoms with Gasteiger partial charge in [0.15, 0.2) is 5.94 Å². The van der Waals surface area contributed by atoms with Crippen LogP contribution in [0, 0.1) is 12.3 Å². The lowest BCUT2D eigenvalue weighted by Crippen LogP contribution is -2.38. The van der Waals surface area contributed by atoms with Gasteiger partial charge in [0.25, 0.3) is 0 Å². The van der Waals surface area contributed by atoms with Crippen molar-refractivity contribution < 1.29 is 23.9 Å². The number of aromatic nitrogens is 1. The number of ether oxygens (including phenoxy) is 2. The standard InChI is InChI=1S/C32H28ClN3O5/c1-18-12-24(22-5-6-23(29(22)34-18)31(39)40-3)25-14-21(33)4-7-28(25)41-11-10-36-19(2)35-30-26(27(36)17-38)13-20(16-37)15-32(30)8-9-32/h4,6-7,12,14H,5,8-11,13,15H2,1-3H3. The van der Waals surface area contributed by atoms with Crippen molar-refractivity contribution in [3.8, 4) is 16.9 Å². The fourth-order valence-corrected chi connectivity index (χ4v) is 6.35. The number of hydrogen-bond donors (Lipinski definition) is 0. The summed E-state index contributed by atoms with van der Waals surface area (Å²) in [7, 11) is 1.36. The van der Waals surface area contributed by atoms with E-state index in [9.17, 15) is 14.4 Å². The molecule has 1 aliphatic heterocycles. The molecule has 1 aromatic heterocycles. The van der Waals surface area contributed by atoms with E-state index in [1.54, 1.807) is 6.07 Å². The molecule has 3 aliphatic carbocycles. The van der Waals surface area contributed by atoms with Gasteiger partial charge < -0.3 is 14.4 Å². The van der Waals surface area contributed by atoms with Crippen LogP contribution < -0.4 is 4.74 Å². The molecule has 0 atom stereocenters. The summed E-state index contributed by atoms with van der Waals surface area (Å²) >= 11 is 6.43.